The zero-order valence-corrected chi connectivity index (χ0v) is 11.3. The van der Waals surface area contributed by atoms with E-state index in [0.717, 1.165) is 34.8 Å². The van der Waals surface area contributed by atoms with Crippen molar-refractivity contribution >= 4 is 11.8 Å². The summed E-state index contributed by atoms with van der Waals surface area (Å²) in [6, 6.07) is 1.94. The van der Waals surface area contributed by atoms with E-state index < -0.39 is 0 Å². The molecule has 5 heteroatoms. The molecule has 0 atom stereocenters. The van der Waals surface area contributed by atoms with Gasteiger partial charge in [-0.15, -0.1) is 11.8 Å². The monoisotopic (exact) mass is 271 g/mol. The average molecular weight is 271 g/mol. The maximum atomic E-state index is 12.3. The van der Waals surface area contributed by atoms with Crippen LogP contribution in [0.25, 0.3) is 0 Å². The molecule has 0 spiro atoms. The molecule has 0 fully saturated rings. The molecule has 0 bridgehead atoms. The smallest absolute Gasteiger partial charge is 0.136 e. The van der Waals surface area contributed by atoms with E-state index in [4.69, 9.17) is 15.2 Å². The van der Waals surface area contributed by atoms with Gasteiger partial charge in [0.2, 0.25) is 0 Å². The van der Waals surface area contributed by atoms with Gasteiger partial charge in [0.25, 0.3) is 0 Å². The van der Waals surface area contributed by atoms with Crippen molar-refractivity contribution in [2.24, 2.45) is 5.73 Å². The number of rotatable bonds is 6. The largest absolute Gasteiger partial charge is 0.496 e. The minimum Gasteiger partial charge on any atom is -0.496 e. The molecule has 0 aliphatic carbocycles. The first-order chi connectivity index (χ1) is 8.81. The van der Waals surface area contributed by atoms with Crippen LogP contribution in [0.5, 0.6) is 11.5 Å². The molecule has 2 N–H and O–H groups in total. The van der Waals surface area contributed by atoms with E-state index in [0.29, 0.717) is 18.9 Å². The molecule has 1 aliphatic rings. The van der Waals surface area contributed by atoms with Gasteiger partial charge in [0.15, 0.2) is 0 Å². The van der Waals surface area contributed by atoms with Crippen LogP contribution in [0.4, 0.5) is 4.39 Å². The summed E-state index contributed by atoms with van der Waals surface area (Å²) in [5.74, 6) is 2.18. The van der Waals surface area contributed by atoms with Crippen LogP contribution in [-0.4, -0.2) is 32.7 Å². The lowest BCUT2D eigenvalue weighted by Crippen LogP contribution is -2.07. The summed E-state index contributed by atoms with van der Waals surface area (Å²) in [6.45, 7) is 0.926. The van der Waals surface area contributed by atoms with Crippen LogP contribution in [0.3, 0.4) is 0 Å². The fourth-order valence-corrected chi connectivity index (χ4v) is 3.04. The molecule has 0 amide bonds. The van der Waals surface area contributed by atoms with Gasteiger partial charge in [-0.2, -0.15) is 0 Å². The summed E-state index contributed by atoms with van der Waals surface area (Å²) in [6.07, 6.45) is 1.66. The highest BCUT2D eigenvalue weighted by Gasteiger charge is 2.23. The minimum atomic E-state index is -0.341. The lowest BCUT2D eigenvalue weighted by Gasteiger charge is -2.15. The van der Waals surface area contributed by atoms with Gasteiger partial charge >= 0.3 is 0 Å². The Bertz CT molecular complexity index is 426. The lowest BCUT2D eigenvalue weighted by molar-refractivity contribution is 0.348. The van der Waals surface area contributed by atoms with E-state index in [1.807, 2.05) is 6.07 Å². The molecule has 0 saturated carbocycles. The second kappa shape index (κ2) is 6.29. The quantitative estimate of drug-likeness (QED) is 0.806. The normalized spacial score (nSPS) is 13.3. The number of ether oxygens (including phenoxy) is 2. The Morgan fingerprint density at radius 2 is 2.39 bits per heavy atom. The third-order valence-corrected chi connectivity index (χ3v) is 3.94. The number of alkyl halides is 1. The van der Waals surface area contributed by atoms with Crippen LogP contribution >= 0.6 is 11.8 Å². The molecule has 0 aromatic heterocycles. The van der Waals surface area contributed by atoms with Crippen molar-refractivity contribution in [1.82, 2.24) is 0 Å². The third kappa shape index (κ3) is 2.57. The van der Waals surface area contributed by atoms with Gasteiger partial charge in [0, 0.05) is 23.3 Å². The van der Waals surface area contributed by atoms with Crippen molar-refractivity contribution in [2.45, 2.75) is 17.7 Å². The highest BCUT2D eigenvalue weighted by molar-refractivity contribution is 7.99. The zero-order chi connectivity index (χ0) is 13.0. The van der Waals surface area contributed by atoms with Crippen LogP contribution in [0, 0.1) is 0 Å². The molecule has 1 heterocycles. The molecule has 1 aromatic carbocycles. The van der Waals surface area contributed by atoms with E-state index in [1.54, 1.807) is 7.11 Å². The maximum Gasteiger partial charge on any atom is 0.136 e. The highest BCUT2D eigenvalue weighted by Crippen LogP contribution is 2.43. The second-order valence-corrected chi connectivity index (χ2v) is 5.17. The molecule has 1 aromatic rings. The molecular formula is C13H18FNO2S. The fraction of sp³-hybridized carbons (Fsp3) is 0.538. The van der Waals surface area contributed by atoms with Crippen molar-refractivity contribution in [3.63, 3.8) is 0 Å². The molecule has 0 unspecified atom stereocenters. The van der Waals surface area contributed by atoms with Crippen LogP contribution in [0.15, 0.2) is 11.0 Å². The minimum absolute atomic E-state index is 0.341. The summed E-state index contributed by atoms with van der Waals surface area (Å²) < 4.78 is 23.4. The van der Waals surface area contributed by atoms with Crippen LogP contribution in [0.1, 0.15) is 11.1 Å². The Hall–Kier alpha value is -0.940. The molecule has 0 saturated heterocycles. The number of hydrogen-bond acceptors (Lipinski definition) is 4. The summed E-state index contributed by atoms with van der Waals surface area (Å²) in [4.78, 5) is 0.970. The number of fused-ring (bicyclic) bond motifs is 1. The third-order valence-electron chi connectivity index (χ3n) is 2.97. The van der Waals surface area contributed by atoms with Crippen molar-refractivity contribution in [3.8, 4) is 11.5 Å². The molecule has 2 rings (SSSR count). The fourth-order valence-electron chi connectivity index (χ4n) is 2.24. The molecule has 0 radical (unpaired) electrons. The van der Waals surface area contributed by atoms with E-state index in [2.05, 4.69) is 0 Å². The molecule has 3 nitrogen and oxygen atoms in total. The van der Waals surface area contributed by atoms with Crippen molar-refractivity contribution < 1.29 is 13.9 Å². The first-order valence-corrected chi connectivity index (χ1v) is 7.04. The van der Waals surface area contributed by atoms with Gasteiger partial charge in [-0.25, -0.2) is 0 Å². The van der Waals surface area contributed by atoms with Gasteiger partial charge in [-0.1, -0.05) is 0 Å². The summed E-state index contributed by atoms with van der Waals surface area (Å²) in [5.41, 5.74) is 7.96. The number of thioether (sulfide) groups is 1. The van der Waals surface area contributed by atoms with Gasteiger partial charge in [-0.05, 0) is 19.0 Å². The number of hydrogen-bond donors (Lipinski definition) is 1. The van der Waals surface area contributed by atoms with E-state index in [1.165, 1.54) is 17.3 Å². The molecular weight excluding hydrogens is 253 g/mol. The van der Waals surface area contributed by atoms with Gasteiger partial charge in [0.05, 0.1) is 25.3 Å². The summed E-state index contributed by atoms with van der Waals surface area (Å²) in [7, 11) is 1.65. The molecule has 100 valence electrons. The Labute approximate surface area is 111 Å². The lowest BCUT2D eigenvalue weighted by atomic mass is 10.0. The Balaban J connectivity index is 2.41. The second-order valence-electron chi connectivity index (χ2n) is 4.04. The van der Waals surface area contributed by atoms with Crippen molar-refractivity contribution in [1.29, 1.82) is 0 Å². The summed E-state index contributed by atoms with van der Waals surface area (Å²) >= 11 is 1.47. The predicted octanol–water partition coefficient (Wildman–Crippen LogP) is 2.19. The SMILES string of the molecule is COc1cc(SCCF)c2c(c1CCN)CCO2. The average Bonchev–Trinajstić information content (AvgIpc) is 2.87. The van der Waals surface area contributed by atoms with E-state index in [9.17, 15) is 4.39 Å². The van der Waals surface area contributed by atoms with Crippen LogP contribution in [-0.2, 0) is 12.8 Å². The van der Waals surface area contributed by atoms with Crippen LogP contribution < -0.4 is 15.2 Å². The Morgan fingerprint density at radius 1 is 1.56 bits per heavy atom. The standard InChI is InChI=1S/C13H18FNO2S/c1-16-11-8-12(18-7-4-14)13-10(3-6-17-13)9(11)2-5-15/h8H,2-7,15H2,1H3. The van der Waals surface area contributed by atoms with Crippen LogP contribution in [0.2, 0.25) is 0 Å². The number of halogens is 1. The molecule has 1 aliphatic heterocycles. The first-order valence-electron chi connectivity index (χ1n) is 6.06. The maximum absolute atomic E-state index is 12.3. The van der Waals surface area contributed by atoms with Gasteiger partial charge in [0.1, 0.15) is 11.5 Å². The topological polar surface area (TPSA) is 44.5 Å². The highest BCUT2D eigenvalue weighted by atomic mass is 32.2. The van der Waals surface area contributed by atoms with E-state index in [-0.39, 0.29) is 6.67 Å². The number of nitrogens with two attached hydrogens (primary N) is 1. The number of benzene rings is 1. The first kappa shape index (κ1) is 13.5. The van der Waals surface area contributed by atoms with Crippen molar-refractivity contribution in [2.75, 3.05) is 32.7 Å². The molecule has 18 heavy (non-hydrogen) atoms. The number of methoxy groups -OCH3 is 1. The predicted molar refractivity (Wildman–Crippen MR) is 71.7 cm³/mol. The van der Waals surface area contributed by atoms with E-state index >= 15 is 0 Å². The van der Waals surface area contributed by atoms with Gasteiger partial charge in [-0.3, -0.25) is 4.39 Å². The Morgan fingerprint density at radius 3 is 3.06 bits per heavy atom. The Kier molecular flexibility index (Phi) is 4.72. The van der Waals surface area contributed by atoms with Gasteiger partial charge < -0.3 is 15.2 Å². The zero-order valence-electron chi connectivity index (χ0n) is 10.5. The van der Waals surface area contributed by atoms with Crippen molar-refractivity contribution in [3.05, 3.63) is 17.2 Å². The summed E-state index contributed by atoms with van der Waals surface area (Å²) in [5, 5.41) is 0.